The Labute approximate surface area is 160 Å². The molecule has 1 heterocycles. The highest BCUT2D eigenvalue weighted by atomic mass is 32.2. The highest BCUT2D eigenvalue weighted by molar-refractivity contribution is 7.92. The molecule has 7 heteroatoms. The molecule has 6 nitrogen and oxygen atoms in total. The second kappa shape index (κ2) is 7.60. The molecule has 2 aromatic rings. The number of anilines is 1. The predicted molar refractivity (Wildman–Crippen MR) is 105 cm³/mol. The SMILES string of the molecule is COc1cccc(N(C(C)C(=O)N2CCc3ccccc3C2)S(C)(=O)=O)c1. The van der Waals surface area contributed by atoms with Crippen molar-refractivity contribution in [1.82, 2.24) is 4.90 Å². The van der Waals surface area contributed by atoms with E-state index in [1.807, 2.05) is 18.2 Å². The van der Waals surface area contributed by atoms with Gasteiger partial charge >= 0.3 is 0 Å². The predicted octanol–water partition coefficient (Wildman–Crippen LogP) is 2.43. The van der Waals surface area contributed by atoms with Gasteiger partial charge in [0.25, 0.3) is 0 Å². The van der Waals surface area contributed by atoms with E-state index in [0.29, 0.717) is 24.5 Å². The number of nitrogens with zero attached hydrogens (tertiary/aromatic N) is 2. The Morgan fingerprint density at radius 1 is 1.15 bits per heavy atom. The fourth-order valence-electron chi connectivity index (χ4n) is 3.50. The molecule has 2 aromatic carbocycles. The molecule has 1 aliphatic heterocycles. The average Bonchev–Trinajstić information content (AvgIpc) is 2.66. The van der Waals surface area contributed by atoms with Gasteiger partial charge in [-0.3, -0.25) is 9.10 Å². The van der Waals surface area contributed by atoms with E-state index in [1.54, 1.807) is 36.1 Å². The zero-order valence-corrected chi connectivity index (χ0v) is 16.6. The molecule has 0 bridgehead atoms. The lowest BCUT2D eigenvalue weighted by Gasteiger charge is -2.35. The summed E-state index contributed by atoms with van der Waals surface area (Å²) < 4.78 is 31.3. The van der Waals surface area contributed by atoms with Gasteiger partial charge in [0.1, 0.15) is 11.8 Å². The van der Waals surface area contributed by atoms with Crippen LogP contribution in [0.1, 0.15) is 18.1 Å². The van der Waals surface area contributed by atoms with E-state index in [9.17, 15) is 13.2 Å². The molecule has 27 heavy (non-hydrogen) atoms. The van der Waals surface area contributed by atoms with Crippen LogP contribution in [-0.4, -0.2) is 45.2 Å². The van der Waals surface area contributed by atoms with Gasteiger partial charge in [0.15, 0.2) is 0 Å². The lowest BCUT2D eigenvalue weighted by Crippen LogP contribution is -2.50. The highest BCUT2D eigenvalue weighted by Crippen LogP contribution is 2.27. The molecule has 1 aliphatic rings. The van der Waals surface area contributed by atoms with Crippen LogP contribution >= 0.6 is 0 Å². The van der Waals surface area contributed by atoms with Crippen LogP contribution in [0.5, 0.6) is 5.75 Å². The van der Waals surface area contributed by atoms with Crippen molar-refractivity contribution in [1.29, 1.82) is 0 Å². The lowest BCUT2D eigenvalue weighted by molar-refractivity contribution is -0.132. The van der Waals surface area contributed by atoms with E-state index in [2.05, 4.69) is 6.07 Å². The zero-order valence-electron chi connectivity index (χ0n) is 15.8. The van der Waals surface area contributed by atoms with Crippen LogP contribution in [0.4, 0.5) is 5.69 Å². The quantitative estimate of drug-likeness (QED) is 0.789. The van der Waals surface area contributed by atoms with Crippen molar-refractivity contribution in [2.24, 2.45) is 0 Å². The fourth-order valence-corrected chi connectivity index (χ4v) is 4.66. The number of hydrogen-bond acceptors (Lipinski definition) is 4. The van der Waals surface area contributed by atoms with Crippen molar-refractivity contribution in [2.45, 2.75) is 25.9 Å². The van der Waals surface area contributed by atoms with Gasteiger partial charge in [0.05, 0.1) is 19.1 Å². The van der Waals surface area contributed by atoms with Gasteiger partial charge in [-0.25, -0.2) is 8.42 Å². The topological polar surface area (TPSA) is 66.9 Å². The molecule has 0 aliphatic carbocycles. The maximum Gasteiger partial charge on any atom is 0.246 e. The summed E-state index contributed by atoms with van der Waals surface area (Å²) in [6.45, 7) is 2.70. The molecule has 3 rings (SSSR count). The Morgan fingerprint density at radius 2 is 1.85 bits per heavy atom. The van der Waals surface area contributed by atoms with Crippen LogP contribution in [0.2, 0.25) is 0 Å². The second-order valence-electron chi connectivity index (χ2n) is 6.71. The van der Waals surface area contributed by atoms with E-state index < -0.39 is 16.1 Å². The first-order valence-electron chi connectivity index (χ1n) is 8.80. The van der Waals surface area contributed by atoms with Crippen LogP contribution < -0.4 is 9.04 Å². The van der Waals surface area contributed by atoms with E-state index in [1.165, 1.54) is 17.0 Å². The average molecular weight is 388 g/mol. The number of ether oxygens (including phenoxy) is 1. The lowest BCUT2D eigenvalue weighted by atomic mass is 9.99. The first kappa shape index (κ1) is 19.2. The van der Waals surface area contributed by atoms with Crippen molar-refractivity contribution < 1.29 is 17.9 Å². The standard InChI is InChI=1S/C20H24N2O4S/c1-15(20(23)21-12-11-16-7-4-5-8-17(16)14-21)22(27(3,24)25)18-9-6-10-19(13-18)26-2/h4-10,13,15H,11-12,14H2,1-3H3. The molecular formula is C20H24N2O4S. The van der Waals surface area contributed by atoms with Gasteiger partial charge in [-0.2, -0.15) is 0 Å². The summed E-state index contributed by atoms with van der Waals surface area (Å²) in [5.41, 5.74) is 2.76. The molecular weight excluding hydrogens is 364 g/mol. The van der Waals surface area contributed by atoms with Crippen LogP contribution in [0.25, 0.3) is 0 Å². The zero-order chi connectivity index (χ0) is 19.6. The molecule has 0 fully saturated rings. The number of methoxy groups -OCH3 is 1. The van der Waals surface area contributed by atoms with Gasteiger partial charge in [0.2, 0.25) is 15.9 Å². The third-order valence-corrected chi connectivity index (χ3v) is 6.06. The summed E-state index contributed by atoms with van der Waals surface area (Å²) in [5.74, 6) is 0.324. The van der Waals surface area contributed by atoms with E-state index in [-0.39, 0.29) is 5.91 Å². The molecule has 0 aromatic heterocycles. The number of fused-ring (bicyclic) bond motifs is 1. The van der Waals surface area contributed by atoms with Gasteiger partial charge in [-0.15, -0.1) is 0 Å². The highest BCUT2D eigenvalue weighted by Gasteiger charge is 2.33. The number of sulfonamides is 1. The summed E-state index contributed by atoms with van der Waals surface area (Å²) >= 11 is 0. The van der Waals surface area contributed by atoms with Crippen LogP contribution in [0.3, 0.4) is 0 Å². The Bertz CT molecular complexity index is 943. The Morgan fingerprint density at radius 3 is 2.52 bits per heavy atom. The summed E-state index contributed by atoms with van der Waals surface area (Å²) in [7, 11) is -2.14. The first-order valence-corrected chi connectivity index (χ1v) is 10.6. The molecule has 0 spiro atoms. The van der Waals surface area contributed by atoms with Crippen molar-refractivity contribution >= 4 is 21.6 Å². The van der Waals surface area contributed by atoms with Gasteiger partial charge in [-0.05, 0) is 36.6 Å². The van der Waals surface area contributed by atoms with Gasteiger partial charge < -0.3 is 9.64 Å². The van der Waals surface area contributed by atoms with Gasteiger partial charge in [-0.1, -0.05) is 30.3 Å². The fraction of sp³-hybridized carbons (Fsp3) is 0.350. The molecule has 1 atom stereocenters. The van der Waals surface area contributed by atoms with Gasteiger partial charge in [0, 0.05) is 19.2 Å². The Kier molecular flexibility index (Phi) is 5.41. The number of benzene rings is 2. The molecule has 1 unspecified atom stereocenters. The van der Waals surface area contributed by atoms with Crippen molar-refractivity contribution in [2.75, 3.05) is 24.2 Å². The molecule has 0 radical (unpaired) electrons. The smallest absolute Gasteiger partial charge is 0.246 e. The Balaban J connectivity index is 1.88. The summed E-state index contributed by atoms with van der Waals surface area (Å²) in [4.78, 5) is 14.8. The molecule has 0 saturated heterocycles. The minimum absolute atomic E-state index is 0.210. The third kappa shape index (κ3) is 4.08. The van der Waals surface area contributed by atoms with Crippen molar-refractivity contribution in [3.63, 3.8) is 0 Å². The van der Waals surface area contributed by atoms with E-state index >= 15 is 0 Å². The third-order valence-electron chi connectivity index (χ3n) is 4.82. The number of carbonyl (C=O) groups excluding carboxylic acids is 1. The van der Waals surface area contributed by atoms with E-state index in [4.69, 9.17) is 4.74 Å². The van der Waals surface area contributed by atoms with Crippen LogP contribution in [-0.2, 0) is 27.8 Å². The summed E-state index contributed by atoms with van der Waals surface area (Å²) in [6, 6.07) is 13.9. The normalized spacial score (nSPS) is 15.0. The largest absolute Gasteiger partial charge is 0.497 e. The minimum Gasteiger partial charge on any atom is -0.497 e. The molecule has 0 saturated carbocycles. The summed E-state index contributed by atoms with van der Waals surface area (Å²) in [5, 5.41) is 0. The number of amides is 1. The van der Waals surface area contributed by atoms with E-state index in [0.717, 1.165) is 18.2 Å². The number of rotatable bonds is 5. The van der Waals surface area contributed by atoms with Crippen LogP contribution in [0.15, 0.2) is 48.5 Å². The van der Waals surface area contributed by atoms with Crippen LogP contribution in [0, 0.1) is 0 Å². The van der Waals surface area contributed by atoms with Crippen molar-refractivity contribution in [3.8, 4) is 5.75 Å². The first-order chi connectivity index (χ1) is 12.8. The minimum atomic E-state index is -3.66. The number of carbonyl (C=O) groups is 1. The second-order valence-corrected chi connectivity index (χ2v) is 8.57. The van der Waals surface area contributed by atoms with Crippen molar-refractivity contribution in [3.05, 3.63) is 59.7 Å². The maximum atomic E-state index is 13.1. The monoisotopic (exact) mass is 388 g/mol. The molecule has 0 N–H and O–H groups in total. The number of hydrogen-bond donors (Lipinski definition) is 0. The Hall–Kier alpha value is -2.54. The molecule has 1 amide bonds. The molecule has 144 valence electrons. The summed E-state index contributed by atoms with van der Waals surface area (Å²) in [6.07, 6.45) is 1.88. The maximum absolute atomic E-state index is 13.1.